The average molecular weight is 407 g/mol. The number of benzene rings is 1. The van der Waals surface area contributed by atoms with Crippen molar-refractivity contribution in [1.82, 2.24) is 9.97 Å². The molecule has 2 atom stereocenters. The molecule has 2 aromatic rings. The van der Waals surface area contributed by atoms with E-state index in [0.29, 0.717) is 24.5 Å². The molecule has 3 N–H and O–H groups in total. The maximum absolute atomic E-state index is 12.8. The van der Waals surface area contributed by atoms with Gasteiger partial charge < -0.3 is 20.5 Å². The summed E-state index contributed by atoms with van der Waals surface area (Å²) in [5, 5.41) is 2.90. The molecule has 152 valence electrons. The second-order valence-electron chi connectivity index (χ2n) is 7.40. The van der Waals surface area contributed by atoms with Gasteiger partial charge in [-0.25, -0.2) is 9.97 Å². The summed E-state index contributed by atoms with van der Waals surface area (Å²) in [6, 6.07) is 9.10. The van der Waals surface area contributed by atoms with Crippen molar-refractivity contribution in [3.63, 3.8) is 0 Å². The maximum Gasteiger partial charge on any atom is 0.322 e. The number of carbonyl (C=O) groups excluding carboxylic acids is 1. The number of nitrogens with one attached hydrogen (secondary N) is 1. The molecule has 1 aromatic carbocycles. The van der Waals surface area contributed by atoms with Crippen LogP contribution < -0.4 is 15.8 Å². The van der Waals surface area contributed by atoms with E-state index in [1.165, 1.54) is 0 Å². The van der Waals surface area contributed by atoms with Crippen molar-refractivity contribution < 1.29 is 14.3 Å². The lowest BCUT2D eigenvalue weighted by Crippen LogP contribution is -2.74. The van der Waals surface area contributed by atoms with E-state index in [2.05, 4.69) is 15.3 Å². The molecule has 1 aliphatic rings. The largest absolute Gasteiger partial charge is 0.424 e. The van der Waals surface area contributed by atoms with Crippen LogP contribution in [0.25, 0.3) is 0 Å². The summed E-state index contributed by atoms with van der Waals surface area (Å²) in [6.45, 7) is 8.36. The Morgan fingerprint density at radius 1 is 1.29 bits per heavy atom. The van der Waals surface area contributed by atoms with Crippen LogP contribution in [0.3, 0.4) is 0 Å². The van der Waals surface area contributed by atoms with Gasteiger partial charge in [-0.15, -0.1) is 12.4 Å². The van der Waals surface area contributed by atoms with E-state index in [0.717, 1.165) is 5.69 Å². The summed E-state index contributed by atoms with van der Waals surface area (Å²) in [7, 11) is 0. The van der Waals surface area contributed by atoms with E-state index in [1.54, 1.807) is 36.5 Å². The van der Waals surface area contributed by atoms with Gasteiger partial charge in [-0.2, -0.15) is 0 Å². The summed E-state index contributed by atoms with van der Waals surface area (Å²) in [4.78, 5) is 21.0. The van der Waals surface area contributed by atoms with Crippen LogP contribution in [-0.4, -0.2) is 34.1 Å². The number of nitrogens with zero attached hydrogens (tertiary/aromatic N) is 2. The Bertz CT molecular complexity index is 828. The highest BCUT2D eigenvalue weighted by atomic mass is 35.5. The Kier molecular flexibility index (Phi) is 6.64. The highest BCUT2D eigenvalue weighted by Gasteiger charge is 2.62. The molecule has 0 radical (unpaired) electrons. The normalized spacial score (nSPS) is 22.5. The summed E-state index contributed by atoms with van der Waals surface area (Å²) >= 11 is 0. The minimum absolute atomic E-state index is 0. The van der Waals surface area contributed by atoms with E-state index in [4.69, 9.17) is 15.2 Å². The first-order chi connectivity index (χ1) is 12.8. The van der Waals surface area contributed by atoms with Crippen LogP contribution in [-0.2, 0) is 9.53 Å². The zero-order valence-corrected chi connectivity index (χ0v) is 17.4. The van der Waals surface area contributed by atoms with Gasteiger partial charge in [0.15, 0.2) is 0 Å². The van der Waals surface area contributed by atoms with Crippen LogP contribution in [0.2, 0.25) is 0 Å². The summed E-state index contributed by atoms with van der Waals surface area (Å²) in [5.74, 6) is 0.376. The molecule has 28 heavy (non-hydrogen) atoms. The Hall–Kier alpha value is -2.22. The lowest BCUT2D eigenvalue weighted by atomic mass is 9.54. The molecule has 7 nitrogen and oxygen atoms in total. The smallest absolute Gasteiger partial charge is 0.322 e. The zero-order chi connectivity index (χ0) is 19.7. The van der Waals surface area contributed by atoms with Gasteiger partial charge in [0.25, 0.3) is 0 Å². The van der Waals surface area contributed by atoms with Gasteiger partial charge in [0.1, 0.15) is 11.3 Å². The molecular weight excluding hydrogens is 380 g/mol. The van der Waals surface area contributed by atoms with E-state index in [9.17, 15) is 4.79 Å². The van der Waals surface area contributed by atoms with Crippen molar-refractivity contribution >= 4 is 24.0 Å². The van der Waals surface area contributed by atoms with Crippen LogP contribution >= 0.6 is 12.4 Å². The quantitative estimate of drug-likeness (QED) is 0.761. The number of anilines is 1. The van der Waals surface area contributed by atoms with Gasteiger partial charge in [-0.1, -0.05) is 13.8 Å². The van der Waals surface area contributed by atoms with Crippen LogP contribution in [0.15, 0.2) is 36.5 Å². The third-order valence-electron chi connectivity index (χ3n) is 5.33. The predicted molar refractivity (Wildman–Crippen MR) is 110 cm³/mol. The summed E-state index contributed by atoms with van der Waals surface area (Å²) in [5.41, 5.74) is 6.49. The van der Waals surface area contributed by atoms with Gasteiger partial charge >= 0.3 is 6.01 Å². The Balaban J connectivity index is 0.00000280. The molecule has 0 spiro atoms. The Labute approximate surface area is 171 Å². The fourth-order valence-electron chi connectivity index (χ4n) is 3.25. The molecule has 1 aliphatic carbocycles. The van der Waals surface area contributed by atoms with Crippen LogP contribution in [0.4, 0.5) is 5.69 Å². The van der Waals surface area contributed by atoms with E-state index < -0.39 is 11.0 Å². The highest BCUT2D eigenvalue weighted by Crippen LogP contribution is 2.50. The Morgan fingerprint density at radius 3 is 2.54 bits per heavy atom. The van der Waals surface area contributed by atoms with E-state index in [1.807, 2.05) is 27.7 Å². The molecule has 1 heterocycles. The molecule has 0 bridgehead atoms. The summed E-state index contributed by atoms with van der Waals surface area (Å²) < 4.78 is 11.3. The minimum atomic E-state index is -0.961. The van der Waals surface area contributed by atoms with Crippen molar-refractivity contribution in [3.8, 4) is 11.8 Å². The first-order valence-electron chi connectivity index (χ1n) is 9.06. The monoisotopic (exact) mass is 406 g/mol. The third kappa shape index (κ3) is 4.11. The molecule has 2 unspecified atom stereocenters. The molecule has 3 rings (SSSR count). The average Bonchev–Trinajstić information content (AvgIpc) is 2.63. The zero-order valence-electron chi connectivity index (χ0n) is 16.6. The molecule has 1 fully saturated rings. The highest BCUT2D eigenvalue weighted by molar-refractivity contribution is 5.99. The van der Waals surface area contributed by atoms with Gasteiger partial charge in [0, 0.05) is 36.0 Å². The topological polar surface area (TPSA) is 99.4 Å². The number of rotatable bonds is 6. The van der Waals surface area contributed by atoms with Gasteiger partial charge in [0.05, 0.1) is 6.10 Å². The predicted octanol–water partition coefficient (Wildman–Crippen LogP) is 3.47. The van der Waals surface area contributed by atoms with Crippen molar-refractivity contribution in [2.75, 3.05) is 11.9 Å². The van der Waals surface area contributed by atoms with Gasteiger partial charge in [-0.05, 0) is 44.2 Å². The third-order valence-corrected chi connectivity index (χ3v) is 5.33. The maximum atomic E-state index is 12.8. The van der Waals surface area contributed by atoms with Gasteiger partial charge in [0.2, 0.25) is 5.91 Å². The standard InChI is InChI=1S/C20H26N4O3.ClH/c1-5-26-16-12-20(21,19(16,3)4)17(25)24-14-6-8-15(9-7-14)27-18-22-11-10-13(2)23-18;/h6-11,16H,5,12,21H2,1-4H3,(H,24,25);1H. The number of ether oxygens (including phenoxy) is 2. The molecule has 1 amide bonds. The van der Waals surface area contributed by atoms with Gasteiger partial charge in [-0.3, -0.25) is 4.79 Å². The number of aryl methyl sites for hydroxylation is 1. The lowest BCUT2D eigenvalue weighted by Gasteiger charge is -2.57. The molecule has 1 aromatic heterocycles. The first-order valence-corrected chi connectivity index (χ1v) is 9.06. The number of hydrogen-bond donors (Lipinski definition) is 2. The second kappa shape index (κ2) is 8.43. The number of nitrogens with two attached hydrogens (primary N) is 1. The summed E-state index contributed by atoms with van der Waals surface area (Å²) in [6.07, 6.45) is 2.14. The number of hydrogen-bond acceptors (Lipinski definition) is 6. The first kappa shape index (κ1) is 22.1. The number of amides is 1. The van der Waals surface area contributed by atoms with Crippen LogP contribution in [0.5, 0.6) is 11.8 Å². The molecular formula is C20H27ClN4O3. The minimum Gasteiger partial charge on any atom is -0.424 e. The van der Waals surface area contributed by atoms with Crippen LogP contribution in [0, 0.1) is 12.3 Å². The lowest BCUT2D eigenvalue weighted by molar-refractivity contribution is -0.166. The van der Waals surface area contributed by atoms with Crippen molar-refractivity contribution in [2.45, 2.75) is 45.8 Å². The molecule has 8 heteroatoms. The SMILES string of the molecule is CCOC1CC(N)(C(=O)Nc2ccc(Oc3nccc(C)n3)cc2)C1(C)C.Cl. The van der Waals surface area contributed by atoms with Crippen molar-refractivity contribution in [2.24, 2.45) is 11.1 Å². The molecule has 1 saturated carbocycles. The van der Waals surface area contributed by atoms with Crippen molar-refractivity contribution in [1.29, 1.82) is 0 Å². The Morgan fingerprint density at radius 2 is 1.96 bits per heavy atom. The fraction of sp³-hybridized carbons (Fsp3) is 0.450. The molecule has 0 aliphatic heterocycles. The number of carbonyl (C=O) groups is 1. The van der Waals surface area contributed by atoms with Crippen molar-refractivity contribution in [3.05, 3.63) is 42.2 Å². The van der Waals surface area contributed by atoms with Crippen LogP contribution in [0.1, 0.15) is 32.9 Å². The number of aromatic nitrogens is 2. The van der Waals surface area contributed by atoms with E-state index >= 15 is 0 Å². The fourth-order valence-corrected chi connectivity index (χ4v) is 3.25. The van der Waals surface area contributed by atoms with E-state index in [-0.39, 0.29) is 30.4 Å². The number of halogens is 1. The molecule has 0 saturated heterocycles. The second-order valence-corrected chi connectivity index (χ2v) is 7.40.